The first kappa shape index (κ1) is 14.7. The third-order valence-electron chi connectivity index (χ3n) is 2.42. The Hall–Kier alpha value is -1.39. The van der Waals surface area contributed by atoms with Gasteiger partial charge in [0, 0.05) is 12.2 Å². The van der Waals surface area contributed by atoms with Crippen LogP contribution >= 0.6 is 0 Å². The Morgan fingerprint density at radius 2 is 2.11 bits per heavy atom. The molecule has 4 nitrogen and oxygen atoms in total. The molecule has 1 aromatic rings. The van der Waals surface area contributed by atoms with Gasteiger partial charge in [0.2, 0.25) is 5.91 Å². The predicted molar refractivity (Wildman–Crippen MR) is 75.6 cm³/mol. The molecule has 0 aliphatic carbocycles. The average molecular weight is 249 g/mol. The lowest BCUT2D eigenvalue weighted by molar-refractivity contribution is -0.115. The highest BCUT2D eigenvalue weighted by Gasteiger charge is 2.02. The van der Waals surface area contributed by atoms with Gasteiger partial charge in [-0.3, -0.25) is 4.79 Å². The molecule has 0 aromatic heterocycles. The molecule has 0 atom stereocenters. The van der Waals surface area contributed by atoms with Crippen LogP contribution in [0, 0.1) is 0 Å². The summed E-state index contributed by atoms with van der Waals surface area (Å²) in [6.45, 7) is 4.19. The molecule has 100 valence electrons. The number of amides is 1. The van der Waals surface area contributed by atoms with Crippen molar-refractivity contribution in [1.29, 1.82) is 0 Å². The van der Waals surface area contributed by atoms with Gasteiger partial charge in [0.05, 0.1) is 6.54 Å². The van der Waals surface area contributed by atoms with Crippen LogP contribution in [-0.2, 0) is 11.3 Å². The lowest BCUT2D eigenvalue weighted by Gasteiger charge is -2.11. The molecular formula is C14H23N3O. The Morgan fingerprint density at radius 3 is 2.78 bits per heavy atom. The quantitative estimate of drug-likeness (QED) is 0.723. The first-order valence-corrected chi connectivity index (χ1v) is 6.36. The maximum atomic E-state index is 11.6. The molecular weight excluding hydrogens is 226 g/mol. The number of anilines is 1. The minimum Gasteiger partial charge on any atom is -0.325 e. The van der Waals surface area contributed by atoms with Gasteiger partial charge in [0.1, 0.15) is 0 Å². The Balaban J connectivity index is 2.48. The molecule has 1 rings (SSSR count). The molecule has 0 aliphatic heterocycles. The van der Waals surface area contributed by atoms with Crippen molar-refractivity contribution in [2.45, 2.75) is 19.9 Å². The van der Waals surface area contributed by atoms with Gasteiger partial charge < -0.3 is 15.5 Å². The van der Waals surface area contributed by atoms with E-state index in [4.69, 9.17) is 0 Å². The lowest BCUT2D eigenvalue weighted by atomic mass is 10.2. The van der Waals surface area contributed by atoms with Crippen LogP contribution in [-0.4, -0.2) is 38.0 Å². The Bertz CT molecular complexity index is 377. The second-order valence-corrected chi connectivity index (χ2v) is 4.66. The van der Waals surface area contributed by atoms with Crippen LogP contribution in [0.4, 0.5) is 5.69 Å². The summed E-state index contributed by atoms with van der Waals surface area (Å²) in [7, 11) is 4.06. The van der Waals surface area contributed by atoms with Crippen molar-refractivity contribution in [3.05, 3.63) is 29.8 Å². The van der Waals surface area contributed by atoms with E-state index >= 15 is 0 Å². The van der Waals surface area contributed by atoms with E-state index in [-0.39, 0.29) is 5.91 Å². The van der Waals surface area contributed by atoms with Crippen LogP contribution in [0.5, 0.6) is 0 Å². The van der Waals surface area contributed by atoms with Gasteiger partial charge in [0.15, 0.2) is 0 Å². The van der Waals surface area contributed by atoms with Crippen molar-refractivity contribution >= 4 is 11.6 Å². The number of carbonyl (C=O) groups is 1. The van der Waals surface area contributed by atoms with Crippen molar-refractivity contribution in [2.24, 2.45) is 0 Å². The zero-order valence-corrected chi connectivity index (χ0v) is 11.5. The Morgan fingerprint density at radius 1 is 1.33 bits per heavy atom. The Labute approximate surface area is 109 Å². The van der Waals surface area contributed by atoms with E-state index in [1.165, 1.54) is 5.56 Å². The fourth-order valence-electron chi connectivity index (χ4n) is 1.70. The van der Waals surface area contributed by atoms with Crippen molar-refractivity contribution in [2.75, 3.05) is 32.5 Å². The molecule has 0 saturated carbocycles. The molecule has 1 amide bonds. The highest BCUT2D eigenvalue weighted by atomic mass is 16.1. The summed E-state index contributed by atoms with van der Waals surface area (Å²) in [5, 5.41) is 5.98. The number of rotatable bonds is 7. The fourth-order valence-corrected chi connectivity index (χ4v) is 1.70. The highest BCUT2D eigenvalue weighted by Crippen LogP contribution is 2.11. The van der Waals surface area contributed by atoms with E-state index in [2.05, 4.69) is 28.5 Å². The van der Waals surface area contributed by atoms with Gasteiger partial charge >= 0.3 is 0 Å². The van der Waals surface area contributed by atoms with Crippen molar-refractivity contribution in [3.63, 3.8) is 0 Å². The molecule has 0 spiro atoms. The number of benzene rings is 1. The molecule has 2 N–H and O–H groups in total. The molecule has 1 aromatic carbocycles. The topological polar surface area (TPSA) is 44.4 Å². The van der Waals surface area contributed by atoms with E-state index in [0.717, 1.165) is 25.2 Å². The number of hydrogen-bond acceptors (Lipinski definition) is 3. The normalized spacial score (nSPS) is 10.7. The van der Waals surface area contributed by atoms with E-state index < -0.39 is 0 Å². The monoisotopic (exact) mass is 249 g/mol. The summed E-state index contributed by atoms with van der Waals surface area (Å²) >= 11 is 0. The van der Waals surface area contributed by atoms with Crippen LogP contribution < -0.4 is 10.6 Å². The second kappa shape index (κ2) is 7.84. The van der Waals surface area contributed by atoms with Gasteiger partial charge in [-0.25, -0.2) is 0 Å². The maximum absolute atomic E-state index is 11.6. The summed E-state index contributed by atoms with van der Waals surface area (Å²) in [5.41, 5.74) is 2.05. The highest BCUT2D eigenvalue weighted by molar-refractivity contribution is 5.92. The number of nitrogens with zero attached hydrogens (tertiary/aromatic N) is 1. The molecule has 0 unspecified atom stereocenters. The van der Waals surface area contributed by atoms with Gasteiger partial charge in [-0.2, -0.15) is 0 Å². The zero-order chi connectivity index (χ0) is 13.4. The smallest absolute Gasteiger partial charge is 0.238 e. The van der Waals surface area contributed by atoms with Gasteiger partial charge in [-0.05, 0) is 44.8 Å². The summed E-state index contributed by atoms with van der Waals surface area (Å²) in [6, 6.07) is 7.95. The largest absolute Gasteiger partial charge is 0.325 e. The van der Waals surface area contributed by atoms with Gasteiger partial charge in [-0.15, -0.1) is 0 Å². The average Bonchev–Trinajstić information content (AvgIpc) is 2.28. The molecule has 0 fully saturated rings. The van der Waals surface area contributed by atoms with Crippen LogP contribution in [0.15, 0.2) is 24.3 Å². The fraction of sp³-hybridized carbons (Fsp3) is 0.500. The minimum atomic E-state index is 0.00505. The molecule has 4 heteroatoms. The summed E-state index contributed by atoms with van der Waals surface area (Å²) < 4.78 is 0. The molecule has 0 saturated heterocycles. The summed E-state index contributed by atoms with van der Waals surface area (Å²) in [4.78, 5) is 13.7. The van der Waals surface area contributed by atoms with E-state index in [9.17, 15) is 4.79 Å². The standard InChI is InChI=1S/C14H23N3O/c1-4-8-15-10-14(18)16-13-7-5-6-12(9-13)11-17(2)3/h5-7,9,15H,4,8,10-11H2,1-3H3,(H,16,18). The van der Waals surface area contributed by atoms with Crippen molar-refractivity contribution in [3.8, 4) is 0 Å². The van der Waals surface area contributed by atoms with Crippen LogP contribution in [0.2, 0.25) is 0 Å². The third-order valence-corrected chi connectivity index (χ3v) is 2.42. The summed E-state index contributed by atoms with van der Waals surface area (Å²) in [5.74, 6) is 0.00505. The van der Waals surface area contributed by atoms with Crippen LogP contribution in [0.25, 0.3) is 0 Å². The second-order valence-electron chi connectivity index (χ2n) is 4.66. The van der Waals surface area contributed by atoms with E-state index in [1.54, 1.807) is 0 Å². The van der Waals surface area contributed by atoms with Crippen LogP contribution in [0.1, 0.15) is 18.9 Å². The van der Waals surface area contributed by atoms with Crippen molar-refractivity contribution in [1.82, 2.24) is 10.2 Å². The number of nitrogens with one attached hydrogen (secondary N) is 2. The SMILES string of the molecule is CCCNCC(=O)Nc1cccc(CN(C)C)c1. The van der Waals surface area contributed by atoms with Crippen molar-refractivity contribution < 1.29 is 4.79 Å². The minimum absolute atomic E-state index is 0.00505. The molecule has 0 heterocycles. The van der Waals surface area contributed by atoms with E-state index in [1.807, 2.05) is 32.3 Å². The predicted octanol–water partition coefficient (Wildman–Crippen LogP) is 1.69. The zero-order valence-electron chi connectivity index (χ0n) is 11.5. The van der Waals surface area contributed by atoms with Gasteiger partial charge in [-0.1, -0.05) is 19.1 Å². The lowest BCUT2D eigenvalue weighted by Crippen LogP contribution is -2.28. The third kappa shape index (κ3) is 5.80. The van der Waals surface area contributed by atoms with Crippen LogP contribution in [0.3, 0.4) is 0 Å². The molecule has 18 heavy (non-hydrogen) atoms. The molecule has 0 bridgehead atoms. The van der Waals surface area contributed by atoms with Gasteiger partial charge in [0.25, 0.3) is 0 Å². The maximum Gasteiger partial charge on any atom is 0.238 e. The van der Waals surface area contributed by atoms with E-state index in [0.29, 0.717) is 6.54 Å². The number of carbonyl (C=O) groups excluding carboxylic acids is 1. The first-order valence-electron chi connectivity index (χ1n) is 6.36. The summed E-state index contributed by atoms with van der Waals surface area (Å²) in [6.07, 6.45) is 1.03. The first-order chi connectivity index (χ1) is 8.61. The number of hydrogen-bond donors (Lipinski definition) is 2. The molecule has 0 aliphatic rings. The Kier molecular flexibility index (Phi) is 6.39. The molecule has 0 radical (unpaired) electrons.